The number of benzene rings is 2. The number of halogens is 4. The van der Waals surface area contributed by atoms with E-state index in [4.69, 9.17) is 0 Å². The van der Waals surface area contributed by atoms with Gasteiger partial charge in [-0.05, 0) is 30.7 Å². The molecule has 0 fully saturated rings. The normalized spacial score (nSPS) is 11.9. The molecule has 0 radical (unpaired) electrons. The topological polar surface area (TPSA) is 45.8 Å². The smallest absolute Gasteiger partial charge is 0.306 e. The fraction of sp³-hybridized carbons (Fsp3) is 0.125. The highest BCUT2D eigenvalue weighted by atomic mass is 19.4. The van der Waals surface area contributed by atoms with Crippen LogP contribution in [0.3, 0.4) is 0 Å². The number of aromatic amines is 1. The molecular weight excluding hydrogens is 312 g/mol. The van der Waals surface area contributed by atoms with Crippen LogP contribution in [0.2, 0.25) is 0 Å². The van der Waals surface area contributed by atoms with Crippen molar-refractivity contribution in [3.63, 3.8) is 0 Å². The lowest BCUT2D eigenvalue weighted by atomic mass is 10.00. The number of alkyl halides is 3. The Kier molecular flexibility index (Phi) is 3.43. The molecule has 0 unspecified atom stereocenters. The zero-order valence-corrected chi connectivity index (χ0v) is 11.8. The van der Waals surface area contributed by atoms with E-state index in [0.29, 0.717) is 0 Å². The molecule has 23 heavy (non-hydrogen) atoms. The van der Waals surface area contributed by atoms with Crippen molar-refractivity contribution in [3.05, 3.63) is 63.7 Å². The molecule has 3 nitrogen and oxygen atoms in total. The Balaban J connectivity index is 2.40. The van der Waals surface area contributed by atoms with Gasteiger partial charge in [0.15, 0.2) is 0 Å². The summed E-state index contributed by atoms with van der Waals surface area (Å²) in [7, 11) is 0. The predicted molar refractivity (Wildman–Crippen MR) is 77.5 cm³/mol. The van der Waals surface area contributed by atoms with Crippen molar-refractivity contribution in [2.75, 3.05) is 0 Å². The van der Waals surface area contributed by atoms with Crippen LogP contribution in [0.5, 0.6) is 0 Å². The number of hydrogen-bond acceptors (Lipinski definition) is 2. The van der Waals surface area contributed by atoms with E-state index in [2.05, 4.69) is 9.97 Å². The average molecular weight is 322 g/mol. The van der Waals surface area contributed by atoms with Gasteiger partial charge in [-0.1, -0.05) is 18.2 Å². The van der Waals surface area contributed by atoms with E-state index in [1.54, 1.807) is 12.1 Å². The number of rotatable bonds is 1. The maximum atomic E-state index is 14.1. The van der Waals surface area contributed by atoms with Crippen LogP contribution in [0.15, 0.2) is 41.2 Å². The van der Waals surface area contributed by atoms with Gasteiger partial charge in [0.1, 0.15) is 11.6 Å². The number of nitrogens with zero attached hydrogens (tertiary/aromatic N) is 1. The third kappa shape index (κ3) is 2.58. The van der Waals surface area contributed by atoms with Gasteiger partial charge in [0.25, 0.3) is 5.56 Å². The van der Waals surface area contributed by atoms with E-state index in [-0.39, 0.29) is 16.5 Å². The summed E-state index contributed by atoms with van der Waals surface area (Å²) < 4.78 is 54.0. The van der Waals surface area contributed by atoms with Crippen LogP contribution < -0.4 is 5.56 Å². The summed E-state index contributed by atoms with van der Waals surface area (Å²) in [5.74, 6) is -1.54. The highest BCUT2D eigenvalue weighted by Crippen LogP contribution is 2.39. The van der Waals surface area contributed by atoms with Crippen molar-refractivity contribution >= 4 is 10.9 Å². The van der Waals surface area contributed by atoms with Gasteiger partial charge in [0.05, 0.1) is 22.0 Å². The average Bonchev–Trinajstić information content (AvgIpc) is 2.48. The molecule has 0 atom stereocenters. The van der Waals surface area contributed by atoms with Crippen LogP contribution in [-0.4, -0.2) is 9.97 Å². The first-order chi connectivity index (χ1) is 10.8. The zero-order valence-electron chi connectivity index (χ0n) is 11.8. The molecule has 1 N–H and O–H groups in total. The lowest BCUT2D eigenvalue weighted by molar-refractivity contribution is -0.137. The Morgan fingerprint density at radius 3 is 2.48 bits per heavy atom. The van der Waals surface area contributed by atoms with Gasteiger partial charge in [-0.2, -0.15) is 13.2 Å². The summed E-state index contributed by atoms with van der Waals surface area (Å²) in [4.78, 5) is 18.3. The molecule has 3 rings (SSSR count). The van der Waals surface area contributed by atoms with Gasteiger partial charge in [0, 0.05) is 0 Å². The van der Waals surface area contributed by atoms with E-state index >= 15 is 0 Å². The molecule has 1 aromatic heterocycles. The van der Waals surface area contributed by atoms with Crippen LogP contribution in [0.25, 0.3) is 22.3 Å². The van der Waals surface area contributed by atoms with Crippen molar-refractivity contribution in [1.29, 1.82) is 0 Å². The molecule has 0 bridgehead atoms. The molecule has 0 saturated carbocycles. The lowest BCUT2D eigenvalue weighted by Crippen LogP contribution is -2.15. The Hall–Kier alpha value is -2.70. The Morgan fingerprint density at radius 1 is 1.09 bits per heavy atom. The first kappa shape index (κ1) is 15.2. The minimum atomic E-state index is -4.77. The molecule has 0 spiro atoms. The number of aromatic nitrogens is 2. The van der Waals surface area contributed by atoms with Gasteiger partial charge in [-0.3, -0.25) is 4.79 Å². The van der Waals surface area contributed by atoms with Gasteiger partial charge in [-0.25, -0.2) is 9.37 Å². The lowest BCUT2D eigenvalue weighted by Gasteiger charge is -2.16. The van der Waals surface area contributed by atoms with E-state index in [1.165, 1.54) is 19.1 Å². The summed E-state index contributed by atoms with van der Waals surface area (Å²) in [6.07, 6.45) is -4.77. The minimum Gasteiger partial charge on any atom is -0.306 e. The predicted octanol–water partition coefficient (Wildman–Crippen LogP) is 4.06. The maximum absolute atomic E-state index is 14.1. The third-order valence-electron chi connectivity index (χ3n) is 3.50. The molecule has 0 aliphatic carbocycles. The largest absolute Gasteiger partial charge is 0.417 e. The quantitative estimate of drug-likeness (QED) is 0.687. The van der Waals surface area contributed by atoms with Crippen molar-refractivity contribution in [2.24, 2.45) is 0 Å². The molecule has 0 amide bonds. The molecule has 0 saturated heterocycles. The Morgan fingerprint density at radius 2 is 1.78 bits per heavy atom. The summed E-state index contributed by atoms with van der Waals surface area (Å²) in [6.45, 7) is 1.23. The monoisotopic (exact) mass is 322 g/mol. The molecule has 0 aliphatic heterocycles. The van der Waals surface area contributed by atoms with Crippen molar-refractivity contribution in [2.45, 2.75) is 13.1 Å². The number of aryl methyl sites for hydroxylation is 1. The number of H-pyrrole nitrogens is 1. The van der Waals surface area contributed by atoms with Crippen LogP contribution in [0.4, 0.5) is 17.6 Å². The van der Waals surface area contributed by atoms with Crippen LogP contribution in [0.1, 0.15) is 11.1 Å². The van der Waals surface area contributed by atoms with Crippen molar-refractivity contribution in [1.82, 2.24) is 9.97 Å². The first-order valence-electron chi connectivity index (χ1n) is 6.65. The van der Waals surface area contributed by atoms with Gasteiger partial charge in [-0.15, -0.1) is 0 Å². The van der Waals surface area contributed by atoms with Crippen molar-refractivity contribution in [3.8, 4) is 11.4 Å². The number of para-hydroxylation sites is 1. The van der Waals surface area contributed by atoms with Crippen molar-refractivity contribution < 1.29 is 17.6 Å². The van der Waals surface area contributed by atoms with E-state index in [1.807, 2.05) is 0 Å². The molecule has 7 heteroatoms. The summed E-state index contributed by atoms with van der Waals surface area (Å²) in [5.41, 5.74) is -2.47. The van der Waals surface area contributed by atoms with Crippen LogP contribution in [0, 0.1) is 12.7 Å². The van der Waals surface area contributed by atoms with Gasteiger partial charge in [0.2, 0.25) is 0 Å². The second-order valence-corrected chi connectivity index (χ2v) is 5.04. The van der Waals surface area contributed by atoms with Gasteiger partial charge < -0.3 is 4.98 Å². The van der Waals surface area contributed by atoms with Crippen LogP contribution >= 0.6 is 0 Å². The summed E-state index contributed by atoms with van der Waals surface area (Å²) in [5, 5.41) is 0.220. The molecule has 1 heterocycles. The van der Waals surface area contributed by atoms with E-state index in [0.717, 1.165) is 12.1 Å². The van der Waals surface area contributed by atoms with E-state index < -0.39 is 34.5 Å². The SMILES string of the molecule is Cc1ccc(F)c(-c2nc3ccccc3c(=O)[nH]2)c1C(F)(F)F. The molecular formula is C16H10F4N2O. The highest BCUT2D eigenvalue weighted by Gasteiger charge is 2.37. The van der Waals surface area contributed by atoms with Gasteiger partial charge >= 0.3 is 6.18 Å². The third-order valence-corrected chi connectivity index (χ3v) is 3.50. The molecule has 3 aromatic rings. The van der Waals surface area contributed by atoms with Crippen LogP contribution in [-0.2, 0) is 6.18 Å². The highest BCUT2D eigenvalue weighted by molar-refractivity contribution is 5.80. The minimum absolute atomic E-state index is 0.148. The molecule has 2 aromatic carbocycles. The van der Waals surface area contributed by atoms with E-state index in [9.17, 15) is 22.4 Å². The maximum Gasteiger partial charge on any atom is 0.417 e. The Bertz CT molecular complexity index is 960. The first-order valence-corrected chi connectivity index (χ1v) is 6.65. The summed E-state index contributed by atoms with van der Waals surface area (Å²) in [6, 6.07) is 8.14. The molecule has 118 valence electrons. The Labute approximate surface area is 127 Å². The molecule has 0 aliphatic rings. The summed E-state index contributed by atoms with van der Waals surface area (Å²) >= 11 is 0. The fourth-order valence-corrected chi connectivity index (χ4v) is 2.48. The fourth-order valence-electron chi connectivity index (χ4n) is 2.48. The standard InChI is InChI=1S/C16H10F4N2O/c1-8-6-7-10(17)12(13(8)16(18,19)20)14-21-11-5-3-2-4-9(11)15(23)22-14/h2-7H,1H3,(H,21,22,23). The number of hydrogen-bond donors (Lipinski definition) is 1. The number of fused-ring (bicyclic) bond motifs is 1. The zero-order chi connectivity index (χ0) is 16.8. The second-order valence-electron chi connectivity index (χ2n) is 5.04. The second kappa shape index (κ2) is 5.19. The number of nitrogens with one attached hydrogen (secondary N) is 1.